The average molecular weight is 273 g/mol. The van der Waals surface area contributed by atoms with Crippen molar-refractivity contribution in [1.29, 1.82) is 0 Å². The third kappa shape index (κ3) is 9.07. The summed E-state index contributed by atoms with van der Waals surface area (Å²) in [5.74, 6) is 0. The van der Waals surface area contributed by atoms with Gasteiger partial charge in [0, 0.05) is 0 Å². The summed E-state index contributed by atoms with van der Waals surface area (Å²) in [4.78, 5) is 0. The molecule has 0 aliphatic carbocycles. The Morgan fingerprint density at radius 2 is 0.750 bits per heavy atom. The average Bonchev–Trinajstić information content (AvgIpc) is 0. The van der Waals surface area contributed by atoms with Crippen LogP contribution < -0.4 is 0 Å². The molecule has 4 heavy (non-hydrogen) atoms. The van der Waals surface area contributed by atoms with Crippen molar-refractivity contribution in [1.82, 2.24) is 0 Å². The van der Waals surface area contributed by atoms with E-state index in [-0.39, 0.29) is 72.2 Å². The van der Waals surface area contributed by atoms with Gasteiger partial charge in [0.15, 0.2) is 0 Å². The third-order valence-corrected chi connectivity index (χ3v) is 0. The van der Waals surface area contributed by atoms with Crippen molar-refractivity contribution < 1.29 is 72.2 Å². The number of hydrogen-bond acceptors (Lipinski definition) is 0. The normalized spacial score (nSPS) is 0. The molecule has 0 aliphatic rings. The molecule has 22 valence electrons. The molecule has 0 fully saturated rings. The van der Waals surface area contributed by atoms with Crippen LogP contribution >= 0.6 is 0 Å². The standard InChI is InChI=1S/Ce.2O.Ru/q+3;2*-2;+3. The second-order valence-electron chi connectivity index (χ2n) is 0. The first-order valence-electron chi connectivity index (χ1n) is 0. The van der Waals surface area contributed by atoms with E-state index in [1.807, 2.05) is 0 Å². The molecule has 0 saturated carbocycles. The van der Waals surface area contributed by atoms with E-state index in [1.54, 1.807) is 0 Å². The molecule has 0 atom stereocenters. The Hall–Kier alpha value is 1.92. The molecule has 0 saturated heterocycles. The van der Waals surface area contributed by atoms with Gasteiger partial charge in [-0.15, -0.1) is 0 Å². The number of hydrogen-bond donors (Lipinski definition) is 0. The monoisotopic (exact) mass is 274 g/mol. The van der Waals surface area contributed by atoms with E-state index in [9.17, 15) is 0 Å². The first-order valence-corrected chi connectivity index (χ1v) is 0. The Labute approximate surface area is 71.1 Å². The number of rotatable bonds is 0. The molecule has 0 amide bonds. The maximum Gasteiger partial charge on any atom is 3.00 e. The van der Waals surface area contributed by atoms with Crippen LogP contribution in [0.5, 0.6) is 0 Å². The fourth-order valence-corrected chi connectivity index (χ4v) is 0. The van der Waals surface area contributed by atoms with Gasteiger partial charge < -0.3 is 11.0 Å². The van der Waals surface area contributed by atoms with Gasteiger partial charge in [0.05, 0.1) is 0 Å². The van der Waals surface area contributed by atoms with Crippen LogP contribution in [0.4, 0.5) is 0 Å². The van der Waals surface area contributed by atoms with Crippen LogP contribution in [0.1, 0.15) is 0 Å². The third-order valence-electron chi connectivity index (χ3n) is 0. The van der Waals surface area contributed by atoms with E-state index < -0.39 is 0 Å². The van der Waals surface area contributed by atoms with Gasteiger partial charge in [-0.3, -0.25) is 0 Å². The minimum Gasteiger partial charge on any atom is -2.00 e. The molecule has 0 spiro atoms. The van der Waals surface area contributed by atoms with Crippen molar-refractivity contribution in [2.75, 3.05) is 0 Å². The maximum absolute atomic E-state index is 0. The summed E-state index contributed by atoms with van der Waals surface area (Å²) in [6.07, 6.45) is 0. The Morgan fingerprint density at radius 1 is 0.750 bits per heavy atom. The van der Waals surface area contributed by atoms with E-state index >= 15 is 0 Å². The van der Waals surface area contributed by atoms with Crippen LogP contribution in [0.2, 0.25) is 0 Å². The zero-order valence-electron chi connectivity index (χ0n) is 1.67. The molecule has 2 nitrogen and oxygen atoms in total. The van der Waals surface area contributed by atoms with Crippen LogP contribution in [-0.4, -0.2) is 0 Å². The second-order valence-corrected chi connectivity index (χ2v) is 0. The first-order chi connectivity index (χ1) is 0. The van der Waals surface area contributed by atoms with Crippen molar-refractivity contribution >= 4 is 0 Å². The quantitative estimate of drug-likeness (QED) is 0.547. The van der Waals surface area contributed by atoms with Crippen molar-refractivity contribution in [3.8, 4) is 0 Å². The molecule has 0 aromatic carbocycles. The largest absolute Gasteiger partial charge is 3.00 e. The van der Waals surface area contributed by atoms with E-state index in [1.165, 1.54) is 0 Å². The summed E-state index contributed by atoms with van der Waals surface area (Å²) < 4.78 is 0. The van der Waals surface area contributed by atoms with E-state index in [0.29, 0.717) is 0 Å². The molecule has 0 bridgehead atoms. The van der Waals surface area contributed by atoms with Gasteiger partial charge in [-0.1, -0.05) is 0 Å². The van der Waals surface area contributed by atoms with Crippen molar-refractivity contribution in [3.63, 3.8) is 0 Å². The van der Waals surface area contributed by atoms with Gasteiger partial charge in [0.1, 0.15) is 0 Å². The SMILES string of the molecule is [Ce+3].[O-2].[O-2].[Ru+3]. The predicted molar refractivity (Wildman–Crippen MR) is 1.37 cm³/mol. The van der Waals surface area contributed by atoms with Crippen LogP contribution in [0.15, 0.2) is 0 Å². The van der Waals surface area contributed by atoms with E-state index in [0.717, 1.165) is 0 Å². The molecule has 0 aromatic rings. The Balaban J connectivity index is 0. The molecule has 0 heterocycles. The van der Waals surface area contributed by atoms with Gasteiger partial charge in [-0.05, 0) is 0 Å². The Bertz CT molecular complexity index is 6.00. The summed E-state index contributed by atoms with van der Waals surface area (Å²) in [5.41, 5.74) is 0. The summed E-state index contributed by atoms with van der Waals surface area (Å²) in [6.45, 7) is 0. The van der Waals surface area contributed by atoms with E-state index in [4.69, 9.17) is 0 Å². The topological polar surface area (TPSA) is 57.0 Å². The molecule has 0 aromatic heterocycles. The van der Waals surface area contributed by atoms with Gasteiger partial charge in [0.25, 0.3) is 0 Å². The van der Waals surface area contributed by atoms with Crippen LogP contribution in [0, 0.1) is 41.7 Å². The Kier molecular flexibility index (Phi) is 199. The zero-order valence-corrected chi connectivity index (χ0v) is 6.55. The molecule has 0 N–H and O–H groups in total. The summed E-state index contributed by atoms with van der Waals surface area (Å²) in [5, 5.41) is 0. The first kappa shape index (κ1) is 38.9. The van der Waals surface area contributed by atoms with Crippen molar-refractivity contribution in [2.24, 2.45) is 0 Å². The maximum atomic E-state index is 0. The fraction of sp³-hybridized carbons (Fsp3) is 0. The predicted octanol–water partition coefficient (Wildman–Crippen LogP) is -0.240. The van der Waals surface area contributed by atoms with Crippen molar-refractivity contribution in [3.05, 3.63) is 0 Å². The molecule has 4 heteroatoms. The van der Waals surface area contributed by atoms with Crippen LogP contribution in [0.25, 0.3) is 0 Å². The molecule has 0 aliphatic heterocycles. The van der Waals surface area contributed by atoms with Gasteiger partial charge >= 0.3 is 61.2 Å². The summed E-state index contributed by atoms with van der Waals surface area (Å²) in [6, 6.07) is 0. The van der Waals surface area contributed by atoms with Crippen LogP contribution in [-0.2, 0) is 30.4 Å². The molecular weight excluding hydrogens is 273 g/mol. The van der Waals surface area contributed by atoms with Crippen LogP contribution in [0.3, 0.4) is 0 Å². The second kappa shape index (κ2) is 20.5. The smallest absolute Gasteiger partial charge is 2.00 e. The molecule has 0 unspecified atom stereocenters. The Morgan fingerprint density at radius 3 is 0.750 bits per heavy atom. The minimum absolute atomic E-state index is 0. The minimum atomic E-state index is 0. The van der Waals surface area contributed by atoms with Gasteiger partial charge in [0.2, 0.25) is 0 Å². The van der Waals surface area contributed by atoms with Gasteiger partial charge in [-0.2, -0.15) is 0 Å². The summed E-state index contributed by atoms with van der Waals surface area (Å²) >= 11 is 0. The molecular formula is CeO2Ru+2. The molecule has 0 rings (SSSR count). The molecule has 2 radical (unpaired) electrons. The fourth-order valence-electron chi connectivity index (χ4n) is 0. The van der Waals surface area contributed by atoms with E-state index in [2.05, 4.69) is 0 Å². The van der Waals surface area contributed by atoms with Gasteiger partial charge in [-0.25, -0.2) is 0 Å². The van der Waals surface area contributed by atoms with Crippen molar-refractivity contribution in [2.45, 2.75) is 0 Å². The zero-order chi connectivity index (χ0) is 0. The summed E-state index contributed by atoms with van der Waals surface area (Å²) in [7, 11) is 0.